The maximum atomic E-state index is 10.6. The van der Waals surface area contributed by atoms with Crippen molar-refractivity contribution in [1.29, 1.82) is 0 Å². The number of nitrogens with two attached hydrogens (primary N) is 1. The minimum atomic E-state index is -0.545. The summed E-state index contributed by atoms with van der Waals surface area (Å²) in [6.45, 7) is 10.6. The van der Waals surface area contributed by atoms with Crippen LogP contribution in [0.1, 0.15) is 65.4 Å². The fourth-order valence-corrected chi connectivity index (χ4v) is 3.83. The molecule has 0 aromatic heterocycles. The van der Waals surface area contributed by atoms with Crippen LogP contribution in [0.2, 0.25) is 0 Å². The third-order valence-corrected chi connectivity index (χ3v) is 6.15. The van der Waals surface area contributed by atoms with Gasteiger partial charge in [0.05, 0.1) is 19.8 Å². The van der Waals surface area contributed by atoms with Crippen molar-refractivity contribution in [3.05, 3.63) is 23.8 Å². The Kier molecular flexibility index (Phi) is 21.3. The largest absolute Gasteiger partial charge is 0.493 e. The minimum Gasteiger partial charge on any atom is -0.493 e. The van der Waals surface area contributed by atoms with Gasteiger partial charge < -0.3 is 30.4 Å². The van der Waals surface area contributed by atoms with E-state index in [1.54, 1.807) is 14.2 Å². The van der Waals surface area contributed by atoms with E-state index in [0.717, 1.165) is 37.2 Å². The van der Waals surface area contributed by atoms with Crippen LogP contribution in [0.25, 0.3) is 0 Å². The second kappa shape index (κ2) is 20.4. The summed E-state index contributed by atoms with van der Waals surface area (Å²) >= 11 is 0. The number of unbranched alkanes of at least 4 members (excludes halogenated alkanes) is 1. The first-order chi connectivity index (χ1) is 15.3. The molecule has 6 nitrogen and oxygen atoms in total. The van der Waals surface area contributed by atoms with E-state index in [-0.39, 0.29) is 30.9 Å². The number of hydrogen-bond acceptors (Lipinski definition) is 6. The van der Waals surface area contributed by atoms with E-state index in [0.29, 0.717) is 37.6 Å². The number of aliphatic hydroxyl groups excluding tert-OH is 1. The van der Waals surface area contributed by atoms with Crippen LogP contribution in [-0.4, -0.2) is 57.3 Å². The predicted molar refractivity (Wildman–Crippen MR) is 147 cm³/mol. The molecule has 0 spiro atoms. The summed E-state index contributed by atoms with van der Waals surface area (Å²) in [6, 6.07) is 6.28. The molecule has 0 aliphatic carbocycles. The number of benzene rings is 1. The van der Waals surface area contributed by atoms with Gasteiger partial charge in [0.2, 0.25) is 0 Å². The summed E-state index contributed by atoms with van der Waals surface area (Å²) < 4.78 is 16.5. The molecule has 1 rings (SSSR count). The van der Waals surface area contributed by atoms with Gasteiger partial charge in [-0.25, -0.2) is 0 Å². The molecule has 0 aliphatic heterocycles. The molecule has 1 aromatic rings. The van der Waals surface area contributed by atoms with Gasteiger partial charge in [-0.3, -0.25) is 0 Å². The topological polar surface area (TPSA) is 86.0 Å². The number of rotatable bonds is 18. The highest BCUT2D eigenvalue weighted by Gasteiger charge is 2.23. The Labute approximate surface area is 220 Å². The fraction of sp³-hybridized carbons (Fsp3) is 0.769. The maximum Gasteiger partial charge on any atom is 0.161 e. The fourth-order valence-electron chi connectivity index (χ4n) is 3.83. The summed E-state index contributed by atoms with van der Waals surface area (Å²) in [5.74, 6) is 2.32. The highest BCUT2D eigenvalue weighted by molar-refractivity contribution is 5.85. The Balaban J connectivity index is 0. The Bertz CT molecular complexity index is 622. The molecular weight excluding hydrogens is 475 g/mol. The van der Waals surface area contributed by atoms with Gasteiger partial charge in [-0.1, -0.05) is 39.7 Å². The zero-order valence-corrected chi connectivity index (χ0v) is 23.7. The van der Waals surface area contributed by atoms with Gasteiger partial charge in [-0.2, -0.15) is 0 Å². The van der Waals surface area contributed by atoms with Crippen LogP contribution in [0.4, 0.5) is 0 Å². The standard InChI is InChI=1S/C26H48N2O4.2ClH/c1-7-8-10-20(4)28-18-24(29)23(27)17-22(19(2)3)15-21-11-12-25(31-6)26(16-21)32-14-9-13-30-5;;/h11-12,16,19-20,22-24,28-29H,7-10,13-15,17-18,27H2,1-6H3;2*1H/t20-,22-,23-,24-;;/m0../s1. The highest BCUT2D eigenvalue weighted by Crippen LogP contribution is 2.31. The number of ether oxygens (including phenoxy) is 3. The SMILES string of the molecule is CCCC[C@H](C)NC[C@H](O)[C@@H](N)C[C@H](Cc1ccc(OC)c(OCCCOC)c1)C(C)C.Cl.Cl. The number of methoxy groups -OCH3 is 2. The average molecular weight is 526 g/mol. The van der Waals surface area contributed by atoms with Crippen molar-refractivity contribution in [2.24, 2.45) is 17.6 Å². The predicted octanol–water partition coefficient (Wildman–Crippen LogP) is 5.02. The second-order valence-corrected chi connectivity index (χ2v) is 9.31. The molecule has 4 atom stereocenters. The van der Waals surface area contributed by atoms with Crippen molar-refractivity contribution in [1.82, 2.24) is 5.32 Å². The Morgan fingerprint density at radius 1 is 1.03 bits per heavy atom. The van der Waals surface area contributed by atoms with Crippen LogP contribution in [-0.2, 0) is 11.2 Å². The lowest BCUT2D eigenvalue weighted by Crippen LogP contribution is -2.45. The van der Waals surface area contributed by atoms with Crippen LogP contribution < -0.4 is 20.5 Å². The van der Waals surface area contributed by atoms with Gasteiger partial charge in [0, 0.05) is 38.8 Å². The number of nitrogens with one attached hydrogen (secondary N) is 1. The van der Waals surface area contributed by atoms with E-state index in [9.17, 15) is 5.11 Å². The summed E-state index contributed by atoms with van der Waals surface area (Å²) in [5, 5.41) is 14.0. The lowest BCUT2D eigenvalue weighted by molar-refractivity contribution is 0.121. The lowest BCUT2D eigenvalue weighted by Gasteiger charge is -2.28. The molecule has 0 amide bonds. The van der Waals surface area contributed by atoms with Crippen molar-refractivity contribution in [3.63, 3.8) is 0 Å². The van der Waals surface area contributed by atoms with Gasteiger partial charge in [-0.15, -0.1) is 24.8 Å². The monoisotopic (exact) mass is 524 g/mol. The van der Waals surface area contributed by atoms with Crippen molar-refractivity contribution in [2.75, 3.05) is 34.0 Å². The molecule has 0 aliphatic rings. The van der Waals surface area contributed by atoms with E-state index in [4.69, 9.17) is 19.9 Å². The zero-order chi connectivity index (χ0) is 23.9. The van der Waals surface area contributed by atoms with Crippen molar-refractivity contribution in [3.8, 4) is 11.5 Å². The average Bonchev–Trinajstić information content (AvgIpc) is 2.78. The highest BCUT2D eigenvalue weighted by atomic mass is 35.5. The Morgan fingerprint density at radius 2 is 1.74 bits per heavy atom. The molecule has 0 radical (unpaired) electrons. The normalized spacial score (nSPS) is 14.5. The third-order valence-electron chi connectivity index (χ3n) is 6.15. The van der Waals surface area contributed by atoms with Gasteiger partial charge in [-0.05, 0) is 55.7 Å². The van der Waals surface area contributed by atoms with Gasteiger partial charge in [0.1, 0.15) is 0 Å². The number of aliphatic hydroxyl groups is 1. The molecule has 1 aromatic carbocycles. The molecule has 0 saturated heterocycles. The summed E-state index contributed by atoms with van der Waals surface area (Å²) in [5.41, 5.74) is 7.61. The molecule has 0 fully saturated rings. The third kappa shape index (κ3) is 14.0. The van der Waals surface area contributed by atoms with Crippen LogP contribution in [0, 0.1) is 11.8 Å². The van der Waals surface area contributed by atoms with Crippen LogP contribution in [0.5, 0.6) is 11.5 Å². The maximum absolute atomic E-state index is 10.6. The van der Waals surface area contributed by atoms with Gasteiger partial charge in [0.15, 0.2) is 11.5 Å². The zero-order valence-electron chi connectivity index (χ0n) is 22.0. The molecule has 8 heteroatoms. The van der Waals surface area contributed by atoms with Gasteiger partial charge >= 0.3 is 0 Å². The van der Waals surface area contributed by atoms with Gasteiger partial charge in [0.25, 0.3) is 0 Å². The molecule has 0 unspecified atom stereocenters. The molecule has 0 saturated carbocycles. The smallest absolute Gasteiger partial charge is 0.161 e. The van der Waals surface area contributed by atoms with E-state index in [1.165, 1.54) is 18.4 Å². The van der Waals surface area contributed by atoms with E-state index in [1.807, 2.05) is 6.07 Å². The summed E-state index contributed by atoms with van der Waals surface area (Å²) in [7, 11) is 3.35. The first kappa shape index (κ1) is 35.4. The minimum absolute atomic E-state index is 0. The summed E-state index contributed by atoms with van der Waals surface area (Å²) in [4.78, 5) is 0. The van der Waals surface area contributed by atoms with Crippen LogP contribution in [0.15, 0.2) is 18.2 Å². The van der Waals surface area contributed by atoms with Crippen molar-refractivity contribution >= 4 is 24.8 Å². The van der Waals surface area contributed by atoms with E-state index >= 15 is 0 Å². The second-order valence-electron chi connectivity index (χ2n) is 9.31. The van der Waals surface area contributed by atoms with Crippen molar-refractivity contribution < 1.29 is 19.3 Å². The molecular formula is C26H50Cl2N2O4. The first-order valence-electron chi connectivity index (χ1n) is 12.3. The summed E-state index contributed by atoms with van der Waals surface area (Å²) in [6.07, 6.45) is 5.46. The Morgan fingerprint density at radius 3 is 2.32 bits per heavy atom. The van der Waals surface area contributed by atoms with Crippen molar-refractivity contribution in [2.45, 2.75) is 84.4 Å². The first-order valence-corrected chi connectivity index (χ1v) is 12.3. The molecule has 0 heterocycles. The number of halogens is 2. The van der Waals surface area contributed by atoms with Crippen LogP contribution in [0.3, 0.4) is 0 Å². The Hall–Kier alpha value is -0.760. The van der Waals surface area contributed by atoms with Crippen LogP contribution >= 0.6 is 24.8 Å². The van der Waals surface area contributed by atoms with E-state index in [2.05, 4.69) is 45.1 Å². The molecule has 202 valence electrons. The lowest BCUT2D eigenvalue weighted by atomic mass is 9.83. The van der Waals surface area contributed by atoms with E-state index < -0.39 is 6.10 Å². The molecule has 4 N–H and O–H groups in total. The number of hydrogen-bond donors (Lipinski definition) is 3. The molecule has 0 bridgehead atoms. The molecule has 34 heavy (non-hydrogen) atoms. The quantitative estimate of drug-likeness (QED) is 0.234.